The largest absolute Gasteiger partial charge is 0.0725 e. The van der Waals surface area contributed by atoms with E-state index in [0.29, 0.717) is 0 Å². The van der Waals surface area contributed by atoms with Crippen LogP contribution in [0, 0.1) is 0 Å². The first kappa shape index (κ1) is 31.0. The summed E-state index contributed by atoms with van der Waals surface area (Å²) in [4.78, 5) is 0. The second-order valence-electron chi connectivity index (χ2n) is 15.9. The van der Waals surface area contributed by atoms with Gasteiger partial charge in [-0.2, -0.15) is 0 Å². The van der Waals surface area contributed by atoms with Gasteiger partial charge in [0.2, 0.25) is 0 Å². The minimum absolute atomic E-state index is 0.459. The van der Waals surface area contributed by atoms with E-state index in [-0.39, 0.29) is 0 Å². The SMILES string of the molecule is c1ccc2c(c1)-c1ccc(-c3cc4c5ccccc5c(-c5cccc6ccccc56)cc4c4ccccc34)cc1C21c2ccccc2-c2cccc3cccc1c23. The molecule has 262 valence electrons. The van der Waals surface area contributed by atoms with Crippen LogP contribution in [0.2, 0.25) is 0 Å². The lowest BCUT2D eigenvalue weighted by molar-refractivity contribution is 0.774. The molecule has 0 saturated carbocycles. The Morgan fingerprint density at radius 1 is 0.228 bits per heavy atom. The fourth-order valence-electron chi connectivity index (χ4n) is 11.0. The van der Waals surface area contributed by atoms with E-state index < -0.39 is 5.41 Å². The molecule has 0 amide bonds. The van der Waals surface area contributed by atoms with Crippen molar-refractivity contribution in [1.82, 2.24) is 0 Å². The molecule has 0 bridgehead atoms. The van der Waals surface area contributed by atoms with Crippen molar-refractivity contribution in [3.63, 3.8) is 0 Å². The molecule has 2 aliphatic carbocycles. The summed E-state index contributed by atoms with van der Waals surface area (Å²) in [5.41, 5.74) is 15.3. The zero-order valence-corrected chi connectivity index (χ0v) is 31.1. The minimum Gasteiger partial charge on any atom is -0.0619 e. The van der Waals surface area contributed by atoms with Gasteiger partial charge < -0.3 is 0 Å². The zero-order valence-electron chi connectivity index (χ0n) is 31.1. The zero-order chi connectivity index (χ0) is 37.2. The first-order valence-electron chi connectivity index (χ1n) is 20.0. The predicted molar refractivity (Wildman–Crippen MR) is 241 cm³/mol. The predicted octanol–water partition coefficient (Wildman–Crippen LogP) is 15.1. The molecule has 57 heavy (non-hydrogen) atoms. The molecule has 1 unspecified atom stereocenters. The van der Waals surface area contributed by atoms with E-state index in [1.807, 2.05) is 0 Å². The van der Waals surface area contributed by atoms with Crippen LogP contribution in [0.5, 0.6) is 0 Å². The van der Waals surface area contributed by atoms with E-state index in [1.165, 1.54) is 121 Å². The molecule has 2 aliphatic rings. The van der Waals surface area contributed by atoms with E-state index in [2.05, 4.69) is 206 Å². The molecular weight excluding hydrogens is 685 g/mol. The molecule has 0 saturated heterocycles. The number of hydrogen-bond donors (Lipinski definition) is 0. The van der Waals surface area contributed by atoms with Crippen LogP contribution >= 0.6 is 0 Å². The van der Waals surface area contributed by atoms with Crippen molar-refractivity contribution in [3.05, 3.63) is 229 Å². The van der Waals surface area contributed by atoms with Crippen molar-refractivity contribution < 1.29 is 0 Å². The van der Waals surface area contributed by atoms with Crippen LogP contribution < -0.4 is 0 Å². The van der Waals surface area contributed by atoms with E-state index >= 15 is 0 Å². The van der Waals surface area contributed by atoms with E-state index in [9.17, 15) is 0 Å². The second-order valence-corrected chi connectivity index (χ2v) is 15.9. The third kappa shape index (κ3) is 4.02. The van der Waals surface area contributed by atoms with Crippen LogP contribution in [0.1, 0.15) is 22.3 Å². The first-order chi connectivity index (χ1) is 28.3. The van der Waals surface area contributed by atoms with Gasteiger partial charge in [0.25, 0.3) is 0 Å². The maximum atomic E-state index is 2.54. The lowest BCUT2D eigenvalue weighted by atomic mass is 9.61. The average Bonchev–Trinajstić information content (AvgIpc) is 3.57. The molecular formula is C57H34. The topological polar surface area (TPSA) is 0 Å². The molecule has 0 aromatic heterocycles. The maximum absolute atomic E-state index is 2.54. The molecule has 13 rings (SSSR count). The molecule has 0 heterocycles. The number of benzene rings is 11. The highest BCUT2D eigenvalue weighted by atomic mass is 14.5. The Bertz CT molecular complexity index is 3520. The van der Waals surface area contributed by atoms with Crippen molar-refractivity contribution in [3.8, 4) is 44.5 Å². The third-order valence-electron chi connectivity index (χ3n) is 13.2. The van der Waals surface area contributed by atoms with Gasteiger partial charge in [-0.05, 0) is 139 Å². The fraction of sp³-hybridized carbons (Fsp3) is 0.0175. The third-order valence-corrected chi connectivity index (χ3v) is 13.2. The van der Waals surface area contributed by atoms with E-state index in [4.69, 9.17) is 0 Å². The van der Waals surface area contributed by atoms with Crippen molar-refractivity contribution in [2.24, 2.45) is 0 Å². The Morgan fingerprint density at radius 3 is 1.44 bits per heavy atom. The molecule has 11 aromatic rings. The van der Waals surface area contributed by atoms with Gasteiger partial charge in [0.05, 0.1) is 5.41 Å². The van der Waals surface area contributed by atoms with Gasteiger partial charge in [-0.25, -0.2) is 0 Å². The van der Waals surface area contributed by atoms with Crippen LogP contribution in [0.25, 0.3) is 98.4 Å². The van der Waals surface area contributed by atoms with Gasteiger partial charge in [0.1, 0.15) is 0 Å². The van der Waals surface area contributed by atoms with Crippen LogP contribution in [0.4, 0.5) is 0 Å². The maximum Gasteiger partial charge on any atom is 0.0725 e. The minimum atomic E-state index is -0.459. The summed E-state index contributed by atoms with van der Waals surface area (Å²) in [7, 11) is 0. The molecule has 11 aromatic carbocycles. The normalized spacial score (nSPS) is 15.1. The van der Waals surface area contributed by atoms with Crippen molar-refractivity contribution >= 4 is 53.9 Å². The Kier molecular flexibility index (Phi) is 6.19. The lowest BCUT2D eigenvalue weighted by Crippen LogP contribution is -2.31. The van der Waals surface area contributed by atoms with E-state index in [1.54, 1.807) is 0 Å². The average molecular weight is 719 g/mol. The molecule has 0 heteroatoms. The van der Waals surface area contributed by atoms with Crippen molar-refractivity contribution in [1.29, 1.82) is 0 Å². The number of rotatable bonds is 2. The Hall–Kier alpha value is -7.28. The fourth-order valence-corrected chi connectivity index (χ4v) is 11.0. The monoisotopic (exact) mass is 718 g/mol. The second kappa shape index (κ2) is 11.4. The van der Waals surface area contributed by atoms with Gasteiger partial charge in [0, 0.05) is 0 Å². The first-order valence-corrected chi connectivity index (χ1v) is 20.0. The highest BCUT2D eigenvalue weighted by Gasteiger charge is 2.50. The molecule has 1 atom stereocenters. The van der Waals surface area contributed by atoms with Crippen LogP contribution in [-0.2, 0) is 5.41 Å². The standard InChI is InChI=1S/C57H34/c1-2-18-38-35(14-1)15-11-25-39(38)49-34-51-41-20-4-3-19-40(41)48(33-50(51)43-22-6-5-21-42(43)49)37-30-31-46-44-23-7-9-27-52(44)57(55(46)32-37)53-28-10-8-24-45(53)47-26-12-16-36-17-13-29-54(57)56(36)47/h1-34H. The highest BCUT2D eigenvalue weighted by Crippen LogP contribution is 2.62. The summed E-state index contributed by atoms with van der Waals surface area (Å²) in [6.45, 7) is 0. The van der Waals surface area contributed by atoms with E-state index in [0.717, 1.165) is 0 Å². The van der Waals surface area contributed by atoms with Crippen molar-refractivity contribution in [2.75, 3.05) is 0 Å². The lowest BCUT2D eigenvalue weighted by Gasteiger charge is -2.40. The molecule has 0 fully saturated rings. The summed E-state index contributed by atoms with van der Waals surface area (Å²) >= 11 is 0. The van der Waals surface area contributed by atoms with Crippen LogP contribution in [0.3, 0.4) is 0 Å². The molecule has 0 aliphatic heterocycles. The highest BCUT2D eigenvalue weighted by molar-refractivity contribution is 6.25. The Morgan fingerprint density at radius 2 is 0.702 bits per heavy atom. The summed E-state index contributed by atoms with van der Waals surface area (Å²) < 4.78 is 0. The Balaban J connectivity index is 1.12. The van der Waals surface area contributed by atoms with Crippen LogP contribution in [-0.4, -0.2) is 0 Å². The smallest absolute Gasteiger partial charge is 0.0619 e. The van der Waals surface area contributed by atoms with Gasteiger partial charge in [-0.1, -0.05) is 188 Å². The van der Waals surface area contributed by atoms with Gasteiger partial charge >= 0.3 is 0 Å². The Labute approximate surface area is 330 Å². The van der Waals surface area contributed by atoms with Crippen molar-refractivity contribution in [2.45, 2.75) is 5.41 Å². The number of fused-ring (bicyclic) bond motifs is 15. The van der Waals surface area contributed by atoms with Crippen LogP contribution in [0.15, 0.2) is 206 Å². The van der Waals surface area contributed by atoms with Gasteiger partial charge in [-0.15, -0.1) is 0 Å². The summed E-state index contributed by atoms with van der Waals surface area (Å²) in [5.74, 6) is 0. The molecule has 0 nitrogen and oxygen atoms in total. The van der Waals surface area contributed by atoms with Gasteiger partial charge in [-0.3, -0.25) is 0 Å². The van der Waals surface area contributed by atoms with Gasteiger partial charge in [0.15, 0.2) is 0 Å². The summed E-state index contributed by atoms with van der Waals surface area (Å²) in [6, 6.07) is 77.8. The number of hydrogen-bond acceptors (Lipinski definition) is 0. The molecule has 1 spiro atoms. The summed E-state index contributed by atoms with van der Waals surface area (Å²) in [6.07, 6.45) is 0. The molecule has 0 N–H and O–H groups in total. The molecule has 0 radical (unpaired) electrons. The summed E-state index contributed by atoms with van der Waals surface area (Å²) in [5, 5.41) is 12.8. The quantitative estimate of drug-likeness (QED) is 0.156.